The van der Waals surface area contributed by atoms with E-state index in [2.05, 4.69) is 42.4 Å². The van der Waals surface area contributed by atoms with Gasteiger partial charge in [-0.3, -0.25) is 4.79 Å². The van der Waals surface area contributed by atoms with E-state index in [0.717, 1.165) is 31.2 Å². The molecule has 0 aliphatic heterocycles. The number of thiophene rings is 1. The molecule has 39 heavy (non-hydrogen) atoms. The van der Waals surface area contributed by atoms with Gasteiger partial charge in [-0.05, 0) is 62.1 Å². The SMILES string of the molecule is CCn1c(SCC(=O)Nc2sc3c(c2C#N)CCC(C(C)(C)CC)C3)nnc1C(C)Oc1cc(Cl)ccc1Cl. The zero-order chi connectivity index (χ0) is 28.3. The van der Waals surface area contributed by atoms with E-state index in [9.17, 15) is 10.1 Å². The van der Waals surface area contributed by atoms with Crippen LogP contribution in [-0.2, 0) is 24.2 Å². The van der Waals surface area contributed by atoms with E-state index in [1.807, 2.05) is 18.4 Å². The van der Waals surface area contributed by atoms with Crippen molar-refractivity contribution in [3.8, 4) is 11.8 Å². The van der Waals surface area contributed by atoms with Crippen molar-refractivity contribution in [3.63, 3.8) is 0 Å². The maximum absolute atomic E-state index is 12.9. The van der Waals surface area contributed by atoms with Crippen molar-refractivity contribution in [2.45, 2.75) is 78.1 Å². The highest BCUT2D eigenvalue weighted by Crippen LogP contribution is 2.45. The first-order valence-corrected chi connectivity index (χ1v) is 15.7. The third-order valence-electron chi connectivity index (χ3n) is 7.60. The van der Waals surface area contributed by atoms with Crippen LogP contribution < -0.4 is 10.1 Å². The Balaban J connectivity index is 1.42. The predicted molar refractivity (Wildman–Crippen MR) is 159 cm³/mol. The summed E-state index contributed by atoms with van der Waals surface area (Å²) in [5, 5.41) is 23.7. The molecule has 0 saturated carbocycles. The van der Waals surface area contributed by atoms with E-state index in [1.54, 1.807) is 29.5 Å². The Morgan fingerprint density at radius 2 is 2.13 bits per heavy atom. The Hall–Kier alpha value is -2.25. The highest BCUT2D eigenvalue weighted by Gasteiger charge is 2.34. The lowest BCUT2D eigenvalue weighted by molar-refractivity contribution is -0.113. The highest BCUT2D eigenvalue weighted by atomic mass is 35.5. The Bertz CT molecular complexity index is 1400. The Kier molecular flexibility index (Phi) is 9.53. The van der Waals surface area contributed by atoms with Gasteiger partial charge >= 0.3 is 0 Å². The summed E-state index contributed by atoms with van der Waals surface area (Å²) >= 11 is 15.2. The first kappa shape index (κ1) is 29.7. The van der Waals surface area contributed by atoms with Crippen LogP contribution in [-0.4, -0.2) is 26.4 Å². The molecule has 7 nitrogen and oxygen atoms in total. The van der Waals surface area contributed by atoms with Crippen molar-refractivity contribution >= 4 is 57.2 Å². The molecular weight excluding hydrogens is 573 g/mol. The van der Waals surface area contributed by atoms with Crippen LogP contribution in [0.25, 0.3) is 0 Å². The number of nitrogens with zero attached hydrogens (tertiary/aromatic N) is 4. The number of nitrogens with one attached hydrogen (secondary N) is 1. The molecule has 2 unspecified atom stereocenters. The summed E-state index contributed by atoms with van der Waals surface area (Å²) in [6.07, 6.45) is 3.60. The Labute approximate surface area is 248 Å². The summed E-state index contributed by atoms with van der Waals surface area (Å²) in [4.78, 5) is 14.2. The van der Waals surface area contributed by atoms with E-state index >= 15 is 0 Å². The molecule has 1 amide bonds. The minimum atomic E-state index is -0.436. The molecule has 11 heteroatoms. The average Bonchev–Trinajstić information content (AvgIpc) is 3.49. The van der Waals surface area contributed by atoms with Gasteiger partial charge in [0.1, 0.15) is 16.8 Å². The predicted octanol–water partition coefficient (Wildman–Crippen LogP) is 7.95. The molecule has 2 aromatic heterocycles. The zero-order valence-electron chi connectivity index (χ0n) is 22.8. The van der Waals surface area contributed by atoms with Gasteiger partial charge in [0.25, 0.3) is 0 Å². The standard InChI is InChI=1S/C28H33Cl2N5O2S2/c1-6-28(4,5)17-8-10-19-20(14-31)26(39-23(19)12-17)32-24(36)15-38-27-34-33-25(35(27)7-2)16(3)37-22-13-18(29)9-11-21(22)30/h9,11,13,16-17H,6-8,10,12,15H2,1-5H3,(H,32,36). The number of nitriles is 1. The molecule has 208 valence electrons. The monoisotopic (exact) mass is 605 g/mol. The minimum absolute atomic E-state index is 0.145. The van der Waals surface area contributed by atoms with Crippen molar-refractivity contribution in [2.24, 2.45) is 11.3 Å². The van der Waals surface area contributed by atoms with Gasteiger partial charge < -0.3 is 14.6 Å². The lowest BCUT2D eigenvalue weighted by Gasteiger charge is -2.36. The number of halogens is 2. The summed E-state index contributed by atoms with van der Waals surface area (Å²) < 4.78 is 7.93. The molecule has 0 bridgehead atoms. The maximum Gasteiger partial charge on any atom is 0.235 e. The first-order chi connectivity index (χ1) is 18.6. The van der Waals surface area contributed by atoms with Gasteiger partial charge in [-0.25, -0.2) is 0 Å². The second-order valence-corrected chi connectivity index (χ2v) is 13.2. The molecular formula is C28H33Cl2N5O2S2. The molecule has 2 heterocycles. The van der Waals surface area contributed by atoms with Crippen molar-refractivity contribution in [2.75, 3.05) is 11.1 Å². The smallest absolute Gasteiger partial charge is 0.235 e. The number of amides is 1. The summed E-state index contributed by atoms with van der Waals surface area (Å²) in [6, 6.07) is 7.39. The lowest BCUT2D eigenvalue weighted by Crippen LogP contribution is -2.28. The van der Waals surface area contributed by atoms with Crippen LogP contribution in [0.4, 0.5) is 5.00 Å². The molecule has 2 atom stereocenters. The van der Waals surface area contributed by atoms with E-state index < -0.39 is 6.10 Å². The van der Waals surface area contributed by atoms with Crippen molar-refractivity contribution in [3.05, 3.63) is 50.1 Å². The van der Waals surface area contributed by atoms with Gasteiger partial charge in [-0.1, -0.05) is 62.2 Å². The van der Waals surface area contributed by atoms with Gasteiger partial charge in [-0.15, -0.1) is 21.5 Å². The second-order valence-electron chi connectivity index (χ2n) is 10.4. The normalized spacial score (nSPS) is 15.9. The molecule has 0 fully saturated rings. The summed E-state index contributed by atoms with van der Waals surface area (Å²) in [5.74, 6) is 1.64. The Morgan fingerprint density at radius 1 is 1.36 bits per heavy atom. The van der Waals surface area contributed by atoms with Crippen LogP contribution in [0, 0.1) is 22.7 Å². The molecule has 0 radical (unpaired) electrons. The van der Waals surface area contributed by atoms with Crippen LogP contribution >= 0.6 is 46.3 Å². The van der Waals surface area contributed by atoms with E-state index in [0.29, 0.717) is 49.8 Å². The van der Waals surface area contributed by atoms with Gasteiger partial charge in [-0.2, -0.15) is 5.26 Å². The van der Waals surface area contributed by atoms with Crippen molar-refractivity contribution in [1.82, 2.24) is 14.8 Å². The van der Waals surface area contributed by atoms with Crippen LogP contribution in [0.5, 0.6) is 5.75 Å². The first-order valence-electron chi connectivity index (χ1n) is 13.1. The summed E-state index contributed by atoms with van der Waals surface area (Å²) in [6.45, 7) is 11.3. The van der Waals surface area contributed by atoms with Crippen molar-refractivity contribution in [1.29, 1.82) is 5.26 Å². The summed E-state index contributed by atoms with van der Waals surface area (Å²) in [5.41, 5.74) is 1.98. The molecule has 4 rings (SSSR count). The van der Waals surface area contributed by atoms with E-state index in [-0.39, 0.29) is 17.1 Å². The van der Waals surface area contributed by atoms with Gasteiger partial charge in [0.05, 0.1) is 16.3 Å². The quantitative estimate of drug-likeness (QED) is 0.236. The number of hydrogen-bond donors (Lipinski definition) is 1. The van der Waals surface area contributed by atoms with Crippen LogP contribution in [0.1, 0.15) is 75.4 Å². The largest absolute Gasteiger partial charge is 0.481 e. The third-order valence-corrected chi connectivity index (χ3v) is 10.3. The molecule has 0 saturated heterocycles. The average molecular weight is 607 g/mol. The van der Waals surface area contributed by atoms with E-state index in [4.69, 9.17) is 27.9 Å². The van der Waals surface area contributed by atoms with Gasteiger partial charge in [0.15, 0.2) is 17.1 Å². The number of rotatable bonds is 10. The van der Waals surface area contributed by atoms with Gasteiger partial charge in [0.2, 0.25) is 5.91 Å². The number of carbonyl (C=O) groups excluding carboxylic acids is 1. The number of thioether (sulfide) groups is 1. The van der Waals surface area contributed by atoms with E-state index in [1.165, 1.54) is 16.6 Å². The Morgan fingerprint density at radius 3 is 2.82 bits per heavy atom. The molecule has 1 aromatic carbocycles. The number of ether oxygens (including phenoxy) is 1. The second kappa shape index (κ2) is 12.5. The summed E-state index contributed by atoms with van der Waals surface area (Å²) in [7, 11) is 0. The number of carbonyl (C=O) groups is 1. The fourth-order valence-electron chi connectivity index (χ4n) is 4.86. The number of benzene rings is 1. The highest BCUT2D eigenvalue weighted by molar-refractivity contribution is 7.99. The molecule has 3 aromatic rings. The molecule has 0 spiro atoms. The molecule has 1 aliphatic carbocycles. The van der Waals surface area contributed by atoms with Crippen LogP contribution in [0.15, 0.2) is 23.4 Å². The fourth-order valence-corrected chi connectivity index (χ4v) is 7.28. The van der Waals surface area contributed by atoms with Crippen LogP contribution in [0.3, 0.4) is 0 Å². The number of fused-ring (bicyclic) bond motifs is 1. The zero-order valence-corrected chi connectivity index (χ0v) is 26.0. The molecule has 1 N–H and O–H groups in total. The topological polar surface area (TPSA) is 92.8 Å². The minimum Gasteiger partial charge on any atom is -0.481 e. The maximum atomic E-state index is 12.9. The number of hydrogen-bond acceptors (Lipinski definition) is 7. The van der Waals surface area contributed by atoms with Crippen molar-refractivity contribution < 1.29 is 9.53 Å². The van der Waals surface area contributed by atoms with Gasteiger partial charge in [0, 0.05) is 22.5 Å². The molecule has 1 aliphatic rings. The number of aromatic nitrogens is 3. The third kappa shape index (κ3) is 6.57. The fraction of sp³-hybridized carbons (Fsp3) is 0.500. The van der Waals surface area contributed by atoms with Crippen LogP contribution in [0.2, 0.25) is 10.0 Å². The number of anilines is 1. The lowest BCUT2D eigenvalue weighted by atomic mass is 9.69.